The van der Waals surface area contributed by atoms with Gasteiger partial charge in [-0.3, -0.25) is 4.79 Å². The molecule has 1 amide bonds. The molecule has 0 aliphatic heterocycles. The molecule has 120 valence electrons. The summed E-state index contributed by atoms with van der Waals surface area (Å²) in [6.07, 6.45) is 3.08. The molecule has 0 heterocycles. The van der Waals surface area contributed by atoms with Crippen LogP contribution in [0.4, 0.5) is 0 Å². The first kappa shape index (κ1) is 15.8. The van der Waals surface area contributed by atoms with E-state index in [4.69, 9.17) is 0 Å². The molecule has 2 aromatic carbocycles. The van der Waals surface area contributed by atoms with Gasteiger partial charge < -0.3 is 10.4 Å². The van der Waals surface area contributed by atoms with Crippen molar-refractivity contribution >= 4 is 5.91 Å². The summed E-state index contributed by atoms with van der Waals surface area (Å²) in [5, 5.41) is 13.5. The molecule has 2 aromatic rings. The van der Waals surface area contributed by atoms with Gasteiger partial charge in [0.2, 0.25) is 5.91 Å². The molecule has 1 aliphatic carbocycles. The Morgan fingerprint density at radius 3 is 2.26 bits per heavy atom. The predicted molar refractivity (Wildman–Crippen MR) is 91.8 cm³/mol. The van der Waals surface area contributed by atoms with Crippen molar-refractivity contribution in [1.29, 1.82) is 0 Å². The highest BCUT2D eigenvalue weighted by molar-refractivity contribution is 5.79. The standard InChI is InChI=1S/C20H23NO2/c1-20(23,14-21-19(22)17-8-5-9-17)18-12-10-16(11-13-18)15-6-3-2-4-7-15/h2-4,6-7,10-13,17,23H,5,8-9,14H2,1H3,(H,21,22)/t20-/m0/s1. The molecular weight excluding hydrogens is 286 g/mol. The summed E-state index contributed by atoms with van der Waals surface area (Å²) in [4.78, 5) is 11.9. The molecule has 0 unspecified atom stereocenters. The van der Waals surface area contributed by atoms with Crippen molar-refractivity contribution in [3.05, 3.63) is 60.2 Å². The van der Waals surface area contributed by atoms with E-state index in [-0.39, 0.29) is 18.4 Å². The second kappa shape index (κ2) is 6.55. The zero-order chi connectivity index (χ0) is 16.3. The molecular formula is C20H23NO2. The van der Waals surface area contributed by atoms with Crippen LogP contribution in [0.3, 0.4) is 0 Å². The molecule has 0 radical (unpaired) electrons. The smallest absolute Gasteiger partial charge is 0.223 e. The zero-order valence-electron chi connectivity index (χ0n) is 13.5. The van der Waals surface area contributed by atoms with Gasteiger partial charge in [-0.15, -0.1) is 0 Å². The highest BCUT2D eigenvalue weighted by Crippen LogP contribution is 2.27. The van der Waals surface area contributed by atoms with E-state index in [9.17, 15) is 9.90 Å². The summed E-state index contributed by atoms with van der Waals surface area (Å²) in [7, 11) is 0. The number of aliphatic hydroxyl groups is 1. The molecule has 0 bridgehead atoms. The topological polar surface area (TPSA) is 49.3 Å². The monoisotopic (exact) mass is 309 g/mol. The van der Waals surface area contributed by atoms with Gasteiger partial charge >= 0.3 is 0 Å². The summed E-state index contributed by atoms with van der Waals surface area (Å²) in [5.41, 5.74) is 2.01. The van der Waals surface area contributed by atoms with Crippen LogP contribution < -0.4 is 5.32 Å². The number of rotatable bonds is 5. The molecule has 3 rings (SSSR count). The number of hydrogen-bond acceptors (Lipinski definition) is 2. The van der Waals surface area contributed by atoms with E-state index in [1.807, 2.05) is 42.5 Å². The minimum atomic E-state index is -1.06. The van der Waals surface area contributed by atoms with Crippen molar-refractivity contribution in [3.8, 4) is 11.1 Å². The second-order valence-electron chi connectivity index (χ2n) is 6.56. The SMILES string of the molecule is C[C@](O)(CNC(=O)C1CCC1)c1ccc(-c2ccccc2)cc1. The van der Waals surface area contributed by atoms with Gasteiger partial charge in [0.25, 0.3) is 0 Å². The molecule has 2 N–H and O–H groups in total. The van der Waals surface area contributed by atoms with E-state index in [2.05, 4.69) is 17.4 Å². The van der Waals surface area contributed by atoms with E-state index in [1.165, 1.54) is 0 Å². The Morgan fingerprint density at radius 1 is 1.09 bits per heavy atom. The van der Waals surface area contributed by atoms with E-state index in [0.29, 0.717) is 0 Å². The lowest BCUT2D eigenvalue weighted by atomic mass is 9.84. The Hall–Kier alpha value is -2.13. The first-order valence-electron chi connectivity index (χ1n) is 8.22. The van der Waals surface area contributed by atoms with Crippen LogP contribution in [-0.2, 0) is 10.4 Å². The minimum absolute atomic E-state index is 0.0671. The first-order chi connectivity index (χ1) is 11.1. The van der Waals surface area contributed by atoms with E-state index in [1.54, 1.807) is 6.92 Å². The van der Waals surface area contributed by atoms with Gasteiger partial charge in [0.05, 0.1) is 6.54 Å². The molecule has 1 aliphatic rings. The Morgan fingerprint density at radius 2 is 1.70 bits per heavy atom. The average molecular weight is 309 g/mol. The van der Waals surface area contributed by atoms with Crippen LogP contribution in [0.15, 0.2) is 54.6 Å². The first-order valence-corrected chi connectivity index (χ1v) is 8.22. The Kier molecular flexibility index (Phi) is 4.49. The highest BCUT2D eigenvalue weighted by Gasteiger charge is 2.28. The third-order valence-corrected chi connectivity index (χ3v) is 4.70. The van der Waals surface area contributed by atoms with Gasteiger partial charge in [0, 0.05) is 5.92 Å². The lowest BCUT2D eigenvalue weighted by molar-refractivity contribution is -0.128. The number of nitrogens with one attached hydrogen (secondary N) is 1. The third kappa shape index (κ3) is 3.62. The van der Waals surface area contributed by atoms with Crippen molar-refractivity contribution in [2.45, 2.75) is 31.8 Å². The maximum absolute atomic E-state index is 11.9. The Bertz CT molecular complexity index is 658. The van der Waals surface area contributed by atoms with Crippen molar-refractivity contribution in [2.75, 3.05) is 6.54 Å². The van der Waals surface area contributed by atoms with Crippen LogP contribution in [0.2, 0.25) is 0 Å². The van der Waals surface area contributed by atoms with Gasteiger partial charge in [-0.05, 0) is 36.5 Å². The Labute approximate surface area is 137 Å². The van der Waals surface area contributed by atoms with Crippen LogP contribution in [0.5, 0.6) is 0 Å². The molecule has 23 heavy (non-hydrogen) atoms. The molecule has 1 atom stereocenters. The molecule has 0 saturated heterocycles. The molecule has 1 fully saturated rings. The lowest BCUT2D eigenvalue weighted by Crippen LogP contribution is -2.42. The maximum Gasteiger partial charge on any atom is 0.223 e. The summed E-state index contributed by atoms with van der Waals surface area (Å²) < 4.78 is 0. The van der Waals surface area contributed by atoms with Crippen molar-refractivity contribution in [1.82, 2.24) is 5.32 Å². The summed E-state index contributed by atoms with van der Waals surface area (Å²) in [6, 6.07) is 18.0. The summed E-state index contributed by atoms with van der Waals surface area (Å²) >= 11 is 0. The highest BCUT2D eigenvalue weighted by atomic mass is 16.3. The van der Waals surface area contributed by atoms with Crippen molar-refractivity contribution in [3.63, 3.8) is 0 Å². The number of hydrogen-bond donors (Lipinski definition) is 2. The van der Waals surface area contributed by atoms with Crippen LogP contribution >= 0.6 is 0 Å². The average Bonchev–Trinajstić information content (AvgIpc) is 2.52. The predicted octanol–water partition coefficient (Wildman–Crippen LogP) is 3.48. The fraction of sp³-hybridized carbons (Fsp3) is 0.350. The number of carbonyl (C=O) groups excluding carboxylic acids is 1. The molecule has 3 heteroatoms. The summed E-state index contributed by atoms with van der Waals surface area (Å²) in [5.74, 6) is 0.212. The fourth-order valence-corrected chi connectivity index (χ4v) is 2.83. The fourth-order valence-electron chi connectivity index (χ4n) is 2.83. The van der Waals surface area contributed by atoms with E-state index in [0.717, 1.165) is 36.0 Å². The second-order valence-corrected chi connectivity index (χ2v) is 6.56. The number of benzene rings is 2. The minimum Gasteiger partial charge on any atom is -0.384 e. The number of carbonyl (C=O) groups is 1. The quantitative estimate of drug-likeness (QED) is 0.888. The zero-order valence-corrected chi connectivity index (χ0v) is 13.5. The maximum atomic E-state index is 11.9. The van der Waals surface area contributed by atoms with Crippen LogP contribution in [0.1, 0.15) is 31.7 Å². The van der Waals surface area contributed by atoms with Gasteiger partial charge in [0.1, 0.15) is 5.60 Å². The van der Waals surface area contributed by atoms with Gasteiger partial charge in [-0.25, -0.2) is 0 Å². The van der Waals surface area contributed by atoms with Gasteiger partial charge in [0.15, 0.2) is 0 Å². The molecule has 0 spiro atoms. The van der Waals surface area contributed by atoms with Gasteiger partial charge in [-0.2, -0.15) is 0 Å². The Balaban J connectivity index is 1.66. The normalized spacial score (nSPS) is 17.1. The summed E-state index contributed by atoms with van der Waals surface area (Å²) in [6.45, 7) is 1.98. The molecule has 0 aromatic heterocycles. The third-order valence-electron chi connectivity index (χ3n) is 4.70. The van der Waals surface area contributed by atoms with Crippen LogP contribution in [0, 0.1) is 5.92 Å². The molecule has 1 saturated carbocycles. The van der Waals surface area contributed by atoms with Crippen LogP contribution in [-0.4, -0.2) is 17.6 Å². The van der Waals surface area contributed by atoms with E-state index >= 15 is 0 Å². The molecule has 3 nitrogen and oxygen atoms in total. The van der Waals surface area contributed by atoms with Crippen LogP contribution in [0.25, 0.3) is 11.1 Å². The van der Waals surface area contributed by atoms with Crippen molar-refractivity contribution in [2.24, 2.45) is 5.92 Å². The van der Waals surface area contributed by atoms with Gasteiger partial charge in [-0.1, -0.05) is 61.0 Å². The lowest BCUT2D eigenvalue weighted by Gasteiger charge is -2.28. The number of amides is 1. The van der Waals surface area contributed by atoms with E-state index < -0.39 is 5.60 Å². The largest absolute Gasteiger partial charge is 0.384 e. The van der Waals surface area contributed by atoms with Crippen molar-refractivity contribution < 1.29 is 9.90 Å².